The zero-order valence-corrected chi connectivity index (χ0v) is 16.3. The average Bonchev–Trinajstić information content (AvgIpc) is 3.07. The van der Waals surface area contributed by atoms with Crippen LogP contribution in [0, 0.1) is 0 Å². The summed E-state index contributed by atoms with van der Waals surface area (Å²) in [6.07, 6.45) is -0.816. The molecule has 3 fully saturated rings. The van der Waals surface area contributed by atoms with Crippen molar-refractivity contribution in [1.29, 1.82) is 0 Å². The second-order valence-corrected chi connectivity index (χ2v) is 8.42. The standard InChI is InChI=1S/C17H27FN4O6/c1-17(2,3)28-16(25)20-7-10(18)6-12(20)9-27-19-14(23)13-5-4-11-8-21(13)15(24)22(11)26/h10-13,26H,4-9H2,1-3H3,(H,19,23)/t10-,11+,12-,13-/m0/s1. The van der Waals surface area contributed by atoms with E-state index in [0.29, 0.717) is 17.9 Å². The summed E-state index contributed by atoms with van der Waals surface area (Å²) in [6.45, 7) is 5.27. The molecule has 4 atom stereocenters. The van der Waals surface area contributed by atoms with Crippen LogP contribution in [0.3, 0.4) is 0 Å². The zero-order chi connectivity index (χ0) is 20.6. The van der Waals surface area contributed by atoms with Gasteiger partial charge in [-0.2, -0.15) is 0 Å². The summed E-state index contributed by atoms with van der Waals surface area (Å²) in [5.74, 6) is -0.513. The molecule has 3 heterocycles. The van der Waals surface area contributed by atoms with Gasteiger partial charge in [0.2, 0.25) is 0 Å². The summed E-state index contributed by atoms with van der Waals surface area (Å²) in [5.41, 5.74) is 1.58. The number of nitrogens with one attached hydrogen (secondary N) is 1. The van der Waals surface area contributed by atoms with Gasteiger partial charge in [0.05, 0.1) is 25.2 Å². The lowest BCUT2D eigenvalue weighted by molar-refractivity contribution is -0.140. The van der Waals surface area contributed by atoms with Gasteiger partial charge < -0.3 is 9.64 Å². The fraction of sp³-hybridized carbons (Fsp3) is 0.824. The minimum Gasteiger partial charge on any atom is -0.444 e. The van der Waals surface area contributed by atoms with E-state index in [1.54, 1.807) is 20.8 Å². The molecular weight excluding hydrogens is 375 g/mol. The molecule has 2 N–H and O–H groups in total. The number of alkyl halides is 1. The molecule has 3 aliphatic heterocycles. The molecule has 11 heteroatoms. The first-order valence-electron chi connectivity index (χ1n) is 9.41. The van der Waals surface area contributed by atoms with Crippen LogP contribution in [-0.4, -0.2) is 87.7 Å². The largest absolute Gasteiger partial charge is 0.444 e. The molecule has 0 aromatic carbocycles. The Morgan fingerprint density at radius 1 is 1.29 bits per heavy atom. The van der Waals surface area contributed by atoms with Gasteiger partial charge in [0, 0.05) is 13.0 Å². The lowest BCUT2D eigenvalue weighted by Crippen LogP contribution is -2.50. The van der Waals surface area contributed by atoms with Crippen LogP contribution in [0.15, 0.2) is 0 Å². The van der Waals surface area contributed by atoms with Crippen LogP contribution >= 0.6 is 0 Å². The number of rotatable bonds is 4. The van der Waals surface area contributed by atoms with E-state index in [0.717, 1.165) is 0 Å². The van der Waals surface area contributed by atoms with Crippen molar-refractivity contribution in [1.82, 2.24) is 20.3 Å². The Morgan fingerprint density at radius 3 is 2.68 bits per heavy atom. The number of likely N-dealkylation sites (tertiary alicyclic amines) is 1. The monoisotopic (exact) mass is 402 g/mol. The molecule has 0 spiro atoms. The Morgan fingerprint density at radius 2 is 2.00 bits per heavy atom. The van der Waals surface area contributed by atoms with E-state index >= 15 is 0 Å². The summed E-state index contributed by atoms with van der Waals surface area (Å²) in [4.78, 5) is 44.3. The molecule has 0 unspecified atom stereocenters. The van der Waals surface area contributed by atoms with Crippen molar-refractivity contribution in [3.8, 4) is 0 Å². The van der Waals surface area contributed by atoms with Gasteiger partial charge in [-0.3, -0.25) is 19.7 Å². The summed E-state index contributed by atoms with van der Waals surface area (Å²) < 4.78 is 19.1. The van der Waals surface area contributed by atoms with Crippen molar-refractivity contribution < 1.29 is 33.6 Å². The average molecular weight is 402 g/mol. The first kappa shape index (κ1) is 20.6. The molecule has 3 rings (SSSR count). The molecule has 0 aromatic rings. The maximum absolute atomic E-state index is 13.8. The van der Waals surface area contributed by atoms with Crippen LogP contribution in [0.2, 0.25) is 0 Å². The number of hydrogen-bond acceptors (Lipinski definition) is 6. The number of fused-ring (bicyclic) bond motifs is 2. The van der Waals surface area contributed by atoms with Gasteiger partial charge in [-0.05, 0) is 33.6 Å². The quantitative estimate of drug-likeness (QED) is 0.537. The first-order valence-corrected chi connectivity index (χ1v) is 9.41. The van der Waals surface area contributed by atoms with E-state index in [1.165, 1.54) is 9.80 Å². The van der Waals surface area contributed by atoms with Gasteiger partial charge in [0.25, 0.3) is 5.91 Å². The maximum atomic E-state index is 13.8. The second kappa shape index (κ2) is 7.70. The van der Waals surface area contributed by atoms with E-state index in [2.05, 4.69) is 5.48 Å². The van der Waals surface area contributed by atoms with Gasteiger partial charge in [-0.25, -0.2) is 24.5 Å². The van der Waals surface area contributed by atoms with Gasteiger partial charge in [-0.15, -0.1) is 0 Å². The number of ether oxygens (including phenoxy) is 1. The predicted octanol–water partition coefficient (Wildman–Crippen LogP) is 1.04. The van der Waals surface area contributed by atoms with E-state index in [1.807, 2.05) is 0 Å². The number of amides is 4. The van der Waals surface area contributed by atoms with Crippen molar-refractivity contribution >= 4 is 18.0 Å². The third-order valence-corrected chi connectivity index (χ3v) is 5.09. The van der Waals surface area contributed by atoms with E-state index in [4.69, 9.17) is 9.57 Å². The van der Waals surface area contributed by atoms with Crippen molar-refractivity contribution in [3.63, 3.8) is 0 Å². The highest BCUT2D eigenvalue weighted by atomic mass is 19.1. The van der Waals surface area contributed by atoms with Crippen molar-refractivity contribution in [3.05, 3.63) is 0 Å². The molecule has 3 aliphatic rings. The van der Waals surface area contributed by atoms with Crippen molar-refractivity contribution in [2.45, 2.75) is 69.9 Å². The second-order valence-electron chi connectivity index (χ2n) is 8.42. The highest BCUT2D eigenvalue weighted by Crippen LogP contribution is 2.28. The number of urea groups is 1. The molecule has 10 nitrogen and oxygen atoms in total. The molecule has 158 valence electrons. The van der Waals surface area contributed by atoms with Crippen LogP contribution in [0.25, 0.3) is 0 Å². The van der Waals surface area contributed by atoms with Crippen LogP contribution in [0.1, 0.15) is 40.0 Å². The lowest BCUT2D eigenvalue weighted by atomic mass is 10.0. The molecule has 2 bridgehead atoms. The van der Waals surface area contributed by atoms with Crippen LogP contribution in [0.5, 0.6) is 0 Å². The maximum Gasteiger partial charge on any atom is 0.410 e. The number of hydroxylamine groups is 3. The fourth-order valence-electron chi connectivity index (χ4n) is 3.76. The highest BCUT2D eigenvalue weighted by molar-refractivity contribution is 5.87. The molecule has 28 heavy (non-hydrogen) atoms. The SMILES string of the molecule is CC(C)(C)OC(=O)N1C[C@@H](F)C[C@H]1CONC(=O)[C@@H]1CC[C@@H]2CN1C(=O)N2O. The number of piperidine rings is 1. The van der Waals surface area contributed by atoms with Crippen LogP contribution in [0.4, 0.5) is 14.0 Å². The van der Waals surface area contributed by atoms with Gasteiger partial charge >= 0.3 is 12.1 Å². The van der Waals surface area contributed by atoms with Crippen LogP contribution in [-0.2, 0) is 14.4 Å². The summed E-state index contributed by atoms with van der Waals surface area (Å²) in [6, 6.07) is -2.20. The molecule has 3 saturated heterocycles. The van der Waals surface area contributed by atoms with Gasteiger partial charge in [0.1, 0.15) is 17.8 Å². The lowest BCUT2D eigenvalue weighted by Gasteiger charge is -2.30. The third kappa shape index (κ3) is 4.30. The van der Waals surface area contributed by atoms with Crippen LogP contribution < -0.4 is 5.48 Å². The zero-order valence-electron chi connectivity index (χ0n) is 16.3. The van der Waals surface area contributed by atoms with E-state index < -0.39 is 41.9 Å². The van der Waals surface area contributed by atoms with Gasteiger partial charge in [-0.1, -0.05) is 0 Å². The summed E-state index contributed by atoms with van der Waals surface area (Å²) in [7, 11) is 0. The first-order chi connectivity index (χ1) is 13.1. The highest BCUT2D eigenvalue weighted by Gasteiger charge is 2.47. The molecule has 0 aromatic heterocycles. The number of hydrogen-bond donors (Lipinski definition) is 2. The fourth-order valence-corrected chi connectivity index (χ4v) is 3.76. The Hall–Kier alpha value is -2.14. The van der Waals surface area contributed by atoms with Gasteiger partial charge in [0.15, 0.2) is 0 Å². The predicted molar refractivity (Wildman–Crippen MR) is 92.9 cm³/mol. The molecule has 0 saturated carbocycles. The topological polar surface area (TPSA) is 112 Å². The minimum absolute atomic E-state index is 0.0876. The number of carbonyl (C=O) groups excluding carboxylic acids is 3. The smallest absolute Gasteiger partial charge is 0.410 e. The Bertz CT molecular complexity index is 642. The Kier molecular flexibility index (Phi) is 5.67. The molecule has 0 radical (unpaired) electrons. The number of nitrogens with zero attached hydrogens (tertiary/aromatic N) is 3. The Labute approximate surface area is 162 Å². The number of halogens is 1. The minimum atomic E-state index is -1.19. The van der Waals surface area contributed by atoms with Crippen molar-refractivity contribution in [2.24, 2.45) is 0 Å². The molecule has 0 aliphatic carbocycles. The van der Waals surface area contributed by atoms with E-state index in [9.17, 15) is 24.0 Å². The van der Waals surface area contributed by atoms with Crippen molar-refractivity contribution in [2.75, 3.05) is 19.7 Å². The Balaban J connectivity index is 1.50. The molecule has 4 amide bonds. The normalized spacial score (nSPS) is 30.0. The summed E-state index contributed by atoms with van der Waals surface area (Å²) in [5, 5.41) is 10.3. The summed E-state index contributed by atoms with van der Waals surface area (Å²) >= 11 is 0. The van der Waals surface area contributed by atoms with E-state index in [-0.39, 0.29) is 32.2 Å². The number of carbonyl (C=O) groups is 3. The molecular formula is C17H27FN4O6. The third-order valence-electron chi connectivity index (χ3n) is 5.09.